The fourth-order valence-electron chi connectivity index (χ4n) is 5.02. The largest absolute Gasteiger partial charge is 0.368 e. The second-order valence-corrected chi connectivity index (χ2v) is 11.9. The van der Waals surface area contributed by atoms with Crippen LogP contribution in [0.2, 0.25) is 0 Å². The number of primary amides is 1. The fourth-order valence-corrected chi connectivity index (χ4v) is 5.02. The Labute approximate surface area is 260 Å². The molecule has 0 saturated carbocycles. The van der Waals surface area contributed by atoms with Crippen LogP contribution in [-0.2, 0) is 30.4 Å². The molecule has 0 radical (unpaired) electrons. The molecule has 0 unspecified atom stereocenters. The van der Waals surface area contributed by atoms with E-state index < -0.39 is 47.8 Å². The average Bonchev–Trinajstić information content (AvgIpc) is 2.97. The quantitative estimate of drug-likeness (QED) is 0.140. The van der Waals surface area contributed by atoms with Crippen LogP contribution in [0.15, 0.2) is 42.5 Å². The van der Waals surface area contributed by atoms with Crippen LogP contribution < -0.4 is 32.7 Å². The summed E-state index contributed by atoms with van der Waals surface area (Å²) in [5, 5.41) is 13.1. The van der Waals surface area contributed by atoms with Gasteiger partial charge in [-0.3, -0.25) is 24.0 Å². The SMILES string of the molecule is CC[C@H](C)[C@H](NC(=O)[C@H](Cc1ccc2ccccc2c1)NC(C)=O)C(=O)N[C@@H](CCCCN)C(=O)N[C@@H](CC(C)C)C(N)=O. The molecular formula is C33H50N6O5. The van der Waals surface area contributed by atoms with Crippen LogP contribution in [0.4, 0.5) is 0 Å². The topological polar surface area (TPSA) is 186 Å². The maximum atomic E-state index is 13.7. The van der Waals surface area contributed by atoms with Gasteiger partial charge < -0.3 is 32.7 Å². The van der Waals surface area contributed by atoms with Crippen molar-refractivity contribution in [3.8, 4) is 0 Å². The van der Waals surface area contributed by atoms with Gasteiger partial charge >= 0.3 is 0 Å². The molecule has 0 aliphatic heterocycles. The summed E-state index contributed by atoms with van der Waals surface area (Å²) in [7, 11) is 0. The van der Waals surface area contributed by atoms with Crippen molar-refractivity contribution in [3.63, 3.8) is 0 Å². The molecule has 2 aromatic rings. The number of nitrogens with one attached hydrogen (secondary N) is 4. The number of carbonyl (C=O) groups excluding carboxylic acids is 5. The van der Waals surface area contributed by atoms with Crippen molar-refractivity contribution < 1.29 is 24.0 Å². The number of rotatable bonds is 18. The first kappa shape index (κ1) is 36.2. The van der Waals surface area contributed by atoms with Gasteiger partial charge in [0, 0.05) is 13.3 Å². The molecule has 5 atom stereocenters. The second-order valence-electron chi connectivity index (χ2n) is 11.9. The van der Waals surface area contributed by atoms with E-state index in [-0.39, 0.29) is 24.2 Å². The Morgan fingerprint density at radius 2 is 1.41 bits per heavy atom. The van der Waals surface area contributed by atoms with Gasteiger partial charge in [0.25, 0.3) is 0 Å². The summed E-state index contributed by atoms with van der Waals surface area (Å²) in [4.78, 5) is 64.6. The van der Waals surface area contributed by atoms with E-state index in [2.05, 4.69) is 21.3 Å². The van der Waals surface area contributed by atoms with E-state index in [0.717, 1.165) is 16.3 Å². The van der Waals surface area contributed by atoms with Gasteiger partial charge in [-0.25, -0.2) is 0 Å². The van der Waals surface area contributed by atoms with Crippen molar-refractivity contribution in [2.75, 3.05) is 6.54 Å². The number of unbranched alkanes of at least 4 members (excludes halogenated alkanes) is 1. The zero-order chi connectivity index (χ0) is 32.8. The zero-order valence-electron chi connectivity index (χ0n) is 26.7. The Morgan fingerprint density at radius 1 is 0.773 bits per heavy atom. The maximum Gasteiger partial charge on any atom is 0.243 e. The Kier molecular flexibility index (Phi) is 14.8. The summed E-state index contributed by atoms with van der Waals surface area (Å²) in [6.07, 6.45) is 2.65. The monoisotopic (exact) mass is 610 g/mol. The third-order valence-electron chi connectivity index (χ3n) is 7.69. The van der Waals surface area contributed by atoms with Crippen LogP contribution in [0.25, 0.3) is 10.8 Å². The molecule has 0 saturated heterocycles. The van der Waals surface area contributed by atoms with Crippen LogP contribution in [0.1, 0.15) is 72.3 Å². The lowest BCUT2D eigenvalue weighted by Crippen LogP contribution is -2.59. The normalized spacial score (nSPS) is 14.6. The second kappa shape index (κ2) is 18.0. The minimum absolute atomic E-state index is 0.106. The summed E-state index contributed by atoms with van der Waals surface area (Å²) in [5.74, 6) is -2.78. The van der Waals surface area contributed by atoms with Crippen molar-refractivity contribution in [3.05, 3.63) is 48.0 Å². The highest BCUT2D eigenvalue weighted by atomic mass is 16.2. The van der Waals surface area contributed by atoms with Gasteiger partial charge in [0.2, 0.25) is 29.5 Å². The summed E-state index contributed by atoms with van der Waals surface area (Å²) in [6.45, 7) is 9.31. The van der Waals surface area contributed by atoms with Gasteiger partial charge in [0.1, 0.15) is 24.2 Å². The highest BCUT2D eigenvalue weighted by Gasteiger charge is 2.33. The molecule has 0 heterocycles. The van der Waals surface area contributed by atoms with Crippen molar-refractivity contribution >= 4 is 40.3 Å². The molecule has 0 bridgehead atoms. The highest BCUT2D eigenvalue weighted by Crippen LogP contribution is 2.17. The molecule has 0 aliphatic rings. The number of nitrogens with two attached hydrogens (primary N) is 2. The Morgan fingerprint density at radius 3 is 2.00 bits per heavy atom. The van der Waals surface area contributed by atoms with E-state index >= 15 is 0 Å². The molecular weight excluding hydrogens is 560 g/mol. The Hall–Kier alpha value is -3.99. The minimum Gasteiger partial charge on any atom is -0.368 e. The van der Waals surface area contributed by atoms with E-state index in [1.807, 2.05) is 70.2 Å². The smallest absolute Gasteiger partial charge is 0.243 e. The van der Waals surface area contributed by atoms with Crippen molar-refractivity contribution in [2.45, 2.75) is 97.3 Å². The Balaban J connectivity index is 2.26. The van der Waals surface area contributed by atoms with E-state index in [1.165, 1.54) is 6.92 Å². The lowest BCUT2D eigenvalue weighted by atomic mass is 9.96. The number of carbonyl (C=O) groups is 5. The van der Waals surface area contributed by atoms with Crippen LogP contribution in [0.5, 0.6) is 0 Å². The Bertz CT molecular complexity index is 1280. The minimum atomic E-state index is -0.979. The number of amides is 5. The molecule has 44 heavy (non-hydrogen) atoms. The van der Waals surface area contributed by atoms with E-state index in [9.17, 15) is 24.0 Å². The molecule has 2 rings (SSSR count). The van der Waals surface area contributed by atoms with Crippen LogP contribution >= 0.6 is 0 Å². The predicted molar refractivity (Wildman–Crippen MR) is 172 cm³/mol. The molecule has 2 aromatic carbocycles. The lowest BCUT2D eigenvalue weighted by molar-refractivity contribution is -0.135. The van der Waals surface area contributed by atoms with Crippen molar-refractivity contribution in [1.29, 1.82) is 0 Å². The molecule has 0 aliphatic carbocycles. The predicted octanol–water partition coefficient (Wildman–Crippen LogP) is 2.05. The summed E-state index contributed by atoms with van der Waals surface area (Å²) in [6, 6.07) is 9.94. The van der Waals surface area contributed by atoms with Gasteiger partial charge in [0.15, 0.2) is 0 Å². The summed E-state index contributed by atoms with van der Waals surface area (Å²) >= 11 is 0. The van der Waals surface area contributed by atoms with Gasteiger partial charge in [-0.2, -0.15) is 0 Å². The molecule has 0 fully saturated rings. The molecule has 11 nitrogen and oxygen atoms in total. The van der Waals surface area contributed by atoms with Gasteiger partial charge in [-0.15, -0.1) is 0 Å². The molecule has 242 valence electrons. The van der Waals surface area contributed by atoms with Crippen LogP contribution in [0.3, 0.4) is 0 Å². The van der Waals surface area contributed by atoms with E-state index in [1.54, 1.807) is 0 Å². The van der Waals surface area contributed by atoms with E-state index in [4.69, 9.17) is 11.5 Å². The van der Waals surface area contributed by atoms with Crippen molar-refractivity contribution in [2.24, 2.45) is 23.3 Å². The third-order valence-corrected chi connectivity index (χ3v) is 7.69. The van der Waals surface area contributed by atoms with Crippen LogP contribution in [0, 0.1) is 11.8 Å². The highest BCUT2D eigenvalue weighted by molar-refractivity contribution is 5.95. The summed E-state index contributed by atoms with van der Waals surface area (Å²) in [5.41, 5.74) is 12.0. The number of hydrogen-bond donors (Lipinski definition) is 6. The standard InChI is InChI=1S/C33H50N6O5/c1-6-21(4)29(33(44)37-26(13-9-10-16-34)31(42)38-27(30(35)41)17-20(2)3)39-32(43)28(36-22(5)40)19-23-14-15-24-11-7-8-12-25(24)18-23/h7-8,11-12,14-15,18,20-21,26-29H,6,9-10,13,16-17,19,34H2,1-5H3,(H2,35,41)(H,36,40)(H,37,44)(H,38,42)(H,39,43)/t21-,26-,27-,28-,29-/m0/s1. The van der Waals surface area contributed by atoms with E-state index in [0.29, 0.717) is 38.6 Å². The molecule has 0 aromatic heterocycles. The molecule has 8 N–H and O–H groups in total. The van der Waals surface area contributed by atoms with Gasteiger partial charge in [-0.05, 0) is 60.4 Å². The van der Waals surface area contributed by atoms with Crippen LogP contribution in [-0.4, -0.2) is 60.2 Å². The molecule has 0 spiro atoms. The number of hydrogen-bond acceptors (Lipinski definition) is 6. The number of fused-ring (bicyclic) bond motifs is 1. The van der Waals surface area contributed by atoms with Gasteiger partial charge in [0.05, 0.1) is 0 Å². The molecule has 11 heteroatoms. The third kappa shape index (κ3) is 11.6. The fraction of sp³-hybridized carbons (Fsp3) is 0.545. The lowest BCUT2D eigenvalue weighted by Gasteiger charge is -2.29. The molecule has 5 amide bonds. The maximum absolute atomic E-state index is 13.7. The average molecular weight is 611 g/mol. The summed E-state index contributed by atoms with van der Waals surface area (Å²) < 4.78 is 0. The first-order chi connectivity index (χ1) is 20.9. The zero-order valence-corrected chi connectivity index (χ0v) is 26.7. The number of benzene rings is 2. The van der Waals surface area contributed by atoms with Gasteiger partial charge in [-0.1, -0.05) is 76.6 Å². The first-order valence-electron chi connectivity index (χ1n) is 15.5. The van der Waals surface area contributed by atoms with Crippen molar-refractivity contribution in [1.82, 2.24) is 21.3 Å². The first-order valence-corrected chi connectivity index (χ1v) is 15.5.